The molecule has 0 spiro atoms. The molecular weight excluding hydrogens is 362 g/mol. The SMILES string of the molecule is C=C1C(=O)N(c2ccc(C)cc2)[C@H]1c1ccc(C)c(O[Si](C)(C)C(C)(C)C)c1. The van der Waals surface area contributed by atoms with Gasteiger partial charge in [-0.2, -0.15) is 0 Å². The highest BCUT2D eigenvalue weighted by atomic mass is 28.4. The number of benzene rings is 2. The van der Waals surface area contributed by atoms with Gasteiger partial charge >= 0.3 is 0 Å². The van der Waals surface area contributed by atoms with Gasteiger partial charge in [0.05, 0.1) is 6.04 Å². The van der Waals surface area contributed by atoms with E-state index in [9.17, 15) is 4.79 Å². The quantitative estimate of drug-likeness (QED) is 0.345. The van der Waals surface area contributed by atoms with Gasteiger partial charge in [0, 0.05) is 11.3 Å². The topological polar surface area (TPSA) is 29.5 Å². The molecule has 1 aliphatic heterocycles. The standard InChI is InChI=1S/C24H31NO2Si/c1-16-9-13-20(14-10-16)25-22(18(3)23(25)26)19-12-11-17(2)21(15-19)27-28(7,8)24(4,5)6/h9-15,22H,3H2,1-2,4-8H3/t22-/m1/s1. The Morgan fingerprint density at radius 2 is 1.64 bits per heavy atom. The third-order valence-electron chi connectivity index (χ3n) is 6.09. The van der Waals surface area contributed by atoms with Crippen molar-refractivity contribution in [3.05, 3.63) is 71.3 Å². The summed E-state index contributed by atoms with van der Waals surface area (Å²) < 4.78 is 6.58. The molecule has 148 valence electrons. The van der Waals surface area contributed by atoms with Gasteiger partial charge in [-0.1, -0.05) is 57.2 Å². The molecule has 0 unspecified atom stereocenters. The van der Waals surface area contributed by atoms with Crippen LogP contribution in [0.4, 0.5) is 5.69 Å². The maximum atomic E-state index is 12.5. The van der Waals surface area contributed by atoms with E-state index < -0.39 is 8.32 Å². The molecule has 2 aromatic rings. The Kier molecular flexibility index (Phi) is 5.05. The number of β-lactam (4-membered cyclic amide) rings is 1. The molecular formula is C24H31NO2Si. The van der Waals surface area contributed by atoms with Crippen molar-refractivity contribution in [1.29, 1.82) is 0 Å². The molecule has 1 heterocycles. The first kappa shape index (κ1) is 20.4. The van der Waals surface area contributed by atoms with Crippen LogP contribution in [0, 0.1) is 13.8 Å². The van der Waals surface area contributed by atoms with E-state index in [2.05, 4.69) is 65.6 Å². The number of aryl methyl sites for hydroxylation is 2. The highest BCUT2D eigenvalue weighted by Gasteiger charge is 2.43. The van der Waals surface area contributed by atoms with Gasteiger partial charge in [0.2, 0.25) is 8.32 Å². The van der Waals surface area contributed by atoms with Gasteiger partial charge in [-0.15, -0.1) is 0 Å². The molecule has 0 N–H and O–H groups in total. The summed E-state index contributed by atoms with van der Waals surface area (Å²) in [4.78, 5) is 14.4. The molecule has 4 heteroatoms. The zero-order valence-electron chi connectivity index (χ0n) is 18.1. The van der Waals surface area contributed by atoms with Crippen LogP contribution in [0.5, 0.6) is 5.75 Å². The smallest absolute Gasteiger partial charge is 0.256 e. The van der Waals surface area contributed by atoms with Crippen LogP contribution in [-0.2, 0) is 4.79 Å². The van der Waals surface area contributed by atoms with E-state index in [4.69, 9.17) is 4.43 Å². The lowest BCUT2D eigenvalue weighted by atomic mass is 9.88. The highest BCUT2D eigenvalue weighted by molar-refractivity contribution is 6.74. The van der Waals surface area contributed by atoms with E-state index in [1.807, 2.05) is 36.1 Å². The zero-order chi connectivity index (χ0) is 20.9. The van der Waals surface area contributed by atoms with E-state index in [1.54, 1.807) is 0 Å². The van der Waals surface area contributed by atoms with E-state index in [0.29, 0.717) is 5.57 Å². The van der Waals surface area contributed by atoms with Crippen LogP contribution in [0.3, 0.4) is 0 Å². The number of rotatable bonds is 4. The van der Waals surface area contributed by atoms with Crippen molar-refractivity contribution in [2.75, 3.05) is 4.90 Å². The molecule has 0 bridgehead atoms. The van der Waals surface area contributed by atoms with Crippen molar-refractivity contribution in [2.24, 2.45) is 0 Å². The Balaban J connectivity index is 1.96. The summed E-state index contributed by atoms with van der Waals surface area (Å²) in [7, 11) is -1.95. The van der Waals surface area contributed by atoms with Gasteiger partial charge in [-0.05, 0) is 61.3 Å². The second-order valence-electron chi connectivity index (χ2n) is 9.33. The minimum atomic E-state index is -1.95. The van der Waals surface area contributed by atoms with Crippen molar-refractivity contribution in [1.82, 2.24) is 0 Å². The molecule has 0 aromatic heterocycles. The third-order valence-corrected chi connectivity index (χ3v) is 10.4. The Labute approximate surface area is 170 Å². The molecule has 0 saturated carbocycles. The Morgan fingerprint density at radius 3 is 2.21 bits per heavy atom. The van der Waals surface area contributed by atoms with Gasteiger partial charge in [0.15, 0.2) is 0 Å². The lowest BCUT2D eigenvalue weighted by molar-refractivity contribution is -0.118. The van der Waals surface area contributed by atoms with Crippen LogP contribution < -0.4 is 9.33 Å². The van der Waals surface area contributed by atoms with Crippen LogP contribution in [0.2, 0.25) is 18.1 Å². The largest absolute Gasteiger partial charge is 0.543 e. The molecule has 3 nitrogen and oxygen atoms in total. The molecule has 1 aliphatic rings. The Morgan fingerprint density at radius 1 is 1.04 bits per heavy atom. The fourth-order valence-corrected chi connectivity index (χ4v) is 4.20. The minimum absolute atomic E-state index is 0.0127. The fourth-order valence-electron chi connectivity index (χ4n) is 3.13. The van der Waals surface area contributed by atoms with Crippen LogP contribution in [0.25, 0.3) is 0 Å². The molecule has 28 heavy (non-hydrogen) atoms. The van der Waals surface area contributed by atoms with Crippen LogP contribution in [-0.4, -0.2) is 14.2 Å². The summed E-state index contributed by atoms with van der Waals surface area (Å²) >= 11 is 0. The molecule has 1 saturated heterocycles. The van der Waals surface area contributed by atoms with Crippen molar-refractivity contribution in [2.45, 2.75) is 58.8 Å². The zero-order valence-corrected chi connectivity index (χ0v) is 19.1. The summed E-state index contributed by atoms with van der Waals surface area (Å²) in [5, 5.41) is 0.124. The van der Waals surface area contributed by atoms with Gasteiger partial charge in [-0.3, -0.25) is 9.69 Å². The maximum absolute atomic E-state index is 12.5. The number of anilines is 1. The third kappa shape index (κ3) is 3.53. The molecule has 1 atom stereocenters. The number of hydrogen-bond donors (Lipinski definition) is 0. The molecule has 3 rings (SSSR count). The number of carbonyl (C=O) groups is 1. The van der Waals surface area contributed by atoms with Crippen molar-refractivity contribution < 1.29 is 9.22 Å². The molecule has 1 fully saturated rings. The van der Waals surface area contributed by atoms with E-state index in [0.717, 1.165) is 22.6 Å². The summed E-state index contributed by atoms with van der Waals surface area (Å²) in [6.45, 7) is 19.4. The second-order valence-corrected chi connectivity index (χ2v) is 14.1. The van der Waals surface area contributed by atoms with Crippen LogP contribution >= 0.6 is 0 Å². The van der Waals surface area contributed by atoms with Gasteiger partial charge < -0.3 is 4.43 Å². The minimum Gasteiger partial charge on any atom is -0.543 e. The summed E-state index contributed by atoms with van der Waals surface area (Å²) in [5.41, 5.74) is 4.87. The average Bonchev–Trinajstić information content (AvgIpc) is 2.61. The first-order valence-electron chi connectivity index (χ1n) is 9.81. The van der Waals surface area contributed by atoms with Gasteiger partial charge in [0.25, 0.3) is 5.91 Å². The first-order valence-corrected chi connectivity index (χ1v) is 12.7. The number of hydrogen-bond acceptors (Lipinski definition) is 2. The van der Waals surface area contributed by atoms with Gasteiger partial charge in [0.1, 0.15) is 5.75 Å². The summed E-state index contributed by atoms with van der Waals surface area (Å²) in [6, 6.07) is 14.2. The van der Waals surface area contributed by atoms with E-state index in [-0.39, 0.29) is 17.0 Å². The number of nitrogens with zero attached hydrogens (tertiary/aromatic N) is 1. The molecule has 2 aromatic carbocycles. The highest BCUT2D eigenvalue weighted by Crippen LogP contribution is 2.44. The lowest BCUT2D eigenvalue weighted by Crippen LogP contribution is -2.49. The van der Waals surface area contributed by atoms with Crippen molar-refractivity contribution in [3.63, 3.8) is 0 Å². The predicted molar refractivity (Wildman–Crippen MR) is 120 cm³/mol. The van der Waals surface area contributed by atoms with E-state index >= 15 is 0 Å². The molecule has 1 amide bonds. The number of carbonyl (C=O) groups excluding carboxylic acids is 1. The average molecular weight is 394 g/mol. The number of amides is 1. The van der Waals surface area contributed by atoms with Gasteiger partial charge in [-0.25, -0.2) is 0 Å². The second kappa shape index (κ2) is 6.93. The Bertz CT molecular complexity index is 923. The van der Waals surface area contributed by atoms with Crippen LogP contribution in [0.15, 0.2) is 54.6 Å². The van der Waals surface area contributed by atoms with Crippen LogP contribution in [0.1, 0.15) is 43.5 Å². The van der Waals surface area contributed by atoms with E-state index in [1.165, 1.54) is 5.56 Å². The Hall–Kier alpha value is -2.33. The van der Waals surface area contributed by atoms with Crippen molar-refractivity contribution in [3.8, 4) is 5.75 Å². The lowest BCUT2D eigenvalue weighted by Gasteiger charge is -2.43. The normalized spacial score (nSPS) is 17.5. The maximum Gasteiger partial charge on any atom is 0.256 e. The molecule has 0 radical (unpaired) electrons. The predicted octanol–water partition coefficient (Wildman–Crippen LogP) is 6.33. The molecule has 0 aliphatic carbocycles. The fraction of sp³-hybridized carbons (Fsp3) is 0.375. The summed E-state index contributed by atoms with van der Waals surface area (Å²) in [5.74, 6) is 0.904. The summed E-state index contributed by atoms with van der Waals surface area (Å²) in [6.07, 6.45) is 0. The van der Waals surface area contributed by atoms with Crippen molar-refractivity contribution >= 4 is 19.9 Å². The monoisotopic (exact) mass is 393 g/mol. The first-order chi connectivity index (χ1) is 12.9.